The molecule has 1 saturated heterocycles. The lowest BCUT2D eigenvalue weighted by molar-refractivity contribution is 0.132. The van der Waals surface area contributed by atoms with Gasteiger partial charge in [-0.25, -0.2) is 23.3 Å². The Balaban J connectivity index is 1.24. The predicted octanol–water partition coefficient (Wildman–Crippen LogP) is 3.05. The van der Waals surface area contributed by atoms with Crippen LogP contribution in [0.4, 0.5) is 10.5 Å². The van der Waals surface area contributed by atoms with Gasteiger partial charge in [-0.2, -0.15) is 0 Å². The summed E-state index contributed by atoms with van der Waals surface area (Å²) in [5, 5.41) is 5.41. The molecule has 11 nitrogen and oxygen atoms in total. The molecule has 0 aliphatic carbocycles. The zero-order valence-electron chi connectivity index (χ0n) is 21.0. The van der Waals surface area contributed by atoms with E-state index >= 15 is 0 Å². The molecule has 202 valence electrons. The summed E-state index contributed by atoms with van der Waals surface area (Å²) >= 11 is 0. The van der Waals surface area contributed by atoms with E-state index < -0.39 is 16.1 Å². The molecule has 0 radical (unpaired) electrons. The van der Waals surface area contributed by atoms with Crippen molar-refractivity contribution in [2.75, 3.05) is 37.5 Å². The van der Waals surface area contributed by atoms with Crippen molar-refractivity contribution < 1.29 is 32.2 Å². The number of rotatable bonds is 10. The molecular weight excluding hydrogens is 512 g/mol. The van der Waals surface area contributed by atoms with Crippen LogP contribution in [0.2, 0.25) is 0 Å². The fraction of sp³-hybridized carbons (Fsp3) is 0.423. The number of fused-ring (bicyclic) bond motifs is 2. The highest BCUT2D eigenvalue weighted by Gasteiger charge is 2.33. The summed E-state index contributed by atoms with van der Waals surface area (Å²) < 4.78 is 46.0. The predicted molar refractivity (Wildman–Crippen MR) is 140 cm³/mol. The quantitative estimate of drug-likeness (QED) is 0.409. The van der Waals surface area contributed by atoms with E-state index in [1.807, 2.05) is 12.1 Å². The molecule has 0 spiro atoms. The largest absolute Gasteiger partial charge is 0.486 e. The number of carbonyl (C=O) groups excluding carboxylic acids is 1. The highest BCUT2D eigenvalue weighted by Crippen LogP contribution is 2.36. The van der Waals surface area contributed by atoms with Gasteiger partial charge >= 0.3 is 6.09 Å². The number of primary sulfonamides is 1. The molecule has 1 aromatic carbocycles. The molecule has 1 unspecified atom stereocenters. The van der Waals surface area contributed by atoms with E-state index in [1.54, 1.807) is 42.5 Å². The third-order valence-electron chi connectivity index (χ3n) is 6.75. The van der Waals surface area contributed by atoms with Crippen molar-refractivity contribution in [2.45, 2.75) is 31.8 Å². The first-order valence-corrected chi connectivity index (χ1v) is 14.2. The molecule has 2 aromatic heterocycles. The Morgan fingerprint density at radius 1 is 1.13 bits per heavy atom. The number of aryl methyl sites for hydroxylation is 1. The van der Waals surface area contributed by atoms with Crippen LogP contribution >= 0.6 is 0 Å². The minimum absolute atomic E-state index is 0.153. The van der Waals surface area contributed by atoms with Gasteiger partial charge in [0.2, 0.25) is 15.9 Å². The molecule has 12 heteroatoms. The number of anilines is 1. The van der Waals surface area contributed by atoms with Crippen LogP contribution in [0.15, 0.2) is 42.6 Å². The number of benzene rings is 1. The first-order chi connectivity index (χ1) is 18.3. The molecule has 38 heavy (non-hydrogen) atoms. The number of carbonyl (C=O) groups is 1. The zero-order valence-corrected chi connectivity index (χ0v) is 21.9. The summed E-state index contributed by atoms with van der Waals surface area (Å²) in [6.45, 7) is 1.30. The number of pyridine rings is 2. The lowest BCUT2D eigenvalue weighted by atomic mass is 9.95. The van der Waals surface area contributed by atoms with E-state index in [1.165, 1.54) is 0 Å². The van der Waals surface area contributed by atoms with Crippen LogP contribution in [0.1, 0.15) is 24.8 Å². The third-order valence-corrected chi connectivity index (χ3v) is 7.69. The number of hydrogen-bond donors (Lipinski definition) is 1. The summed E-state index contributed by atoms with van der Waals surface area (Å²) in [5.41, 5.74) is 3.07. The van der Waals surface area contributed by atoms with Crippen LogP contribution < -0.4 is 24.2 Å². The van der Waals surface area contributed by atoms with Gasteiger partial charge in [-0.3, -0.25) is 9.88 Å². The van der Waals surface area contributed by atoms with Gasteiger partial charge in [0, 0.05) is 18.3 Å². The van der Waals surface area contributed by atoms with Gasteiger partial charge in [0.05, 0.1) is 36.1 Å². The summed E-state index contributed by atoms with van der Waals surface area (Å²) in [5.74, 6) is 1.35. The Bertz CT molecular complexity index is 1430. The highest BCUT2D eigenvalue weighted by atomic mass is 32.2. The van der Waals surface area contributed by atoms with E-state index in [0.717, 1.165) is 16.6 Å². The van der Waals surface area contributed by atoms with Gasteiger partial charge in [-0.05, 0) is 61.4 Å². The van der Waals surface area contributed by atoms with Crippen molar-refractivity contribution >= 4 is 32.8 Å². The molecule has 1 amide bonds. The number of sulfonamides is 1. The van der Waals surface area contributed by atoms with Crippen molar-refractivity contribution in [3.8, 4) is 17.4 Å². The van der Waals surface area contributed by atoms with Gasteiger partial charge in [-0.1, -0.05) is 0 Å². The average molecular weight is 543 g/mol. The Morgan fingerprint density at radius 3 is 2.74 bits per heavy atom. The number of ether oxygens (including phenoxy) is 4. The van der Waals surface area contributed by atoms with E-state index in [9.17, 15) is 13.2 Å². The number of methoxy groups -OCH3 is 1. The SMILES string of the molecule is COc1ccc2nccc(CC[C@@H](CCC3CN(c4ccc5c(c4)OCCO5)C(=O)O3)CS(N)(=O)=O)c2n1. The highest BCUT2D eigenvalue weighted by molar-refractivity contribution is 7.89. The Morgan fingerprint density at radius 2 is 1.95 bits per heavy atom. The molecule has 5 rings (SSSR count). The van der Waals surface area contributed by atoms with Gasteiger partial charge in [0.25, 0.3) is 0 Å². The summed E-state index contributed by atoms with van der Waals surface area (Å²) in [7, 11) is -2.14. The van der Waals surface area contributed by atoms with Crippen molar-refractivity contribution in [1.82, 2.24) is 9.97 Å². The van der Waals surface area contributed by atoms with Crippen LogP contribution in [0.3, 0.4) is 0 Å². The van der Waals surface area contributed by atoms with Crippen molar-refractivity contribution in [3.05, 3.63) is 48.2 Å². The molecule has 3 aromatic rings. The number of cyclic esters (lactones) is 1. The second kappa shape index (κ2) is 11.0. The second-order valence-corrected chi connectivity index (χ2v) is 11.1. The van der Waals surface area contributed by atoms with Crippen LogP contribution in [-0.2, 0) is 21.2 Å². The fourth-order valence-electron chi connectivity index (χ4n) is 4.88. The molecule has 0 saturated carbocycles. The van der Waals surface area contributed by atoms with E-state index in [2.05, 4.69) is 9.97 Å². The summed E-state index contributed by atoms with van der Waals surface area (Å²) in [6.07, 6.45) is 3.10. The molecule has 2 atom stereocenters. The monoisotopic (exact) mass is 542 g/mol. The van der Waals surface area contributed by atoms with Gasteiger partial charge in [0.1, 0.15) is 19.3 Å². The molecule has 0 bridgehead atoms. The normalized spacial score (nSPS) is 17.9. The van der Waals surface area contributed by atoms with Crippen LogP contribution in [0, 0.1) is 5.92 Å². The number of amides is 1. The molecular formula is C26H30N4O7S. The Hall–Kier alpha value is -3.64. The Labute approximate surface area is 220 Å². The standard InChI is InChI=1S/C26H30N4O7S/c1-34-24-9-7-21-25(29-24)18(10-11-28-21)4-2-17(16-38(27,32)33)3-6-20-15-30(26(31)37-20)19-5-8-22-23(14-19)36-13-12-35-22/h5,7-11,14,17,20H,2-4,6,12-13,15-16H2,1H3,(H2,27,32,33)/t17-,20?/m0/s1. The average Bonchev–Trinajstić information content (AvgIpc) is 3.29. The van der Waals surface area contributed by atoms with Crippen LogP contribution in [0.5, 0.6) is 17.4 Å². The lowest BCUT2D eigenvalue weighted by Crippen LogP contribution is -2.26. The Kier molecular flexibility index (Phi) is 7.52. The van der Waals surface area contributed by atoms with E-state index in [0.29, 0.717) is 68.5 Å². The van der Waals surface area contributed by atoms with Crippen LogP contribution in [-0.4, -0.2) is 63.2 Å². The number of hydrogen-bond acceptors (Lipinski definition) is 9. The first-order valence-electron chi connectivity index (χ1n) is 12.5. The maximum atomic E-state index is 12.6. The lowest BCUT2D eigenvalue weighted by Gasteiger charge is -2.21. The molecule has 1 fully saturated rings. The number of nitrogens with two attached hydrogens (primary N) is 1. The maximum Gasteiger partial charge on any atom is 0.414 e. The van der Waals surface area contributed by atoms with E-state index in [-0.39, 0.29) is 17.8 Å². The van der Waals surface area contributed by atoms with E-state index in [4.69, 9.17) is 24.1 Å². The number of nitrogens with zero attached hydrogens (tertiary/aromatic N) is 3. The fourth-order valence-corrected chi connectivity index (χ4v) is 5.87. The van der Waals surface area contributed by atoms with Gasteiger partial charge in [0.15, 0.2) is 11.5 Å². The molecule has 2 aliphatic heterocycles. The van der Waals surface area contributed by atoms with Crippen molar-refractivity contribution in [2.24, 2.45) is 11.1 Å². The minimum Gasteiger partial charge on any atom is -0.486 e. The maximum absolute atomic E-state index is 12.6. The summed E-state index contributed by atoms with van der Waals surface area (Å²) in [4.78, 5) is 23.0. The number of aromatic nitrogens is 2. The zero-order chi connectivity index (χ0) is 26.7. The third kappa shape index (κ3) is 6.08. The van der Waals surface area contributed by atoms with Crippen molar-refractivity contribution in [1.29, 1.82) is 0 Å². The van der Waals surface area contributed by atoms with Crippen LogP contribution in [0.25, 0.3) is 11.0 Å². The topological polar surface area (TPSA) is 143 Å². The van der Waals surface area contributed by atoms with Gasteiger partial charge < -0.3 is 18.9 Å². The van der Waals surface area contributed by atoms with Crippen molar-refractivity contribution in [3.63, 3.8) is 0 Å². The second-order valence-electron chi connectivity index (χ2n) is 9.45. The minimum atomic E-state index is -3.69. The summed E-state index contributed by atoms with van der Waals surface area (Å²) in [6, 6.07) is 10.8. The molecule has 4 heterocycles. The molecule has 2 N–H and O–H groups in total. The molecule has 2 aliphatic rings. The smallest absolute Gasteiger partial charge is 0.414 e. The van der Waals surface area contributed by atoms with Gasteiger partial charge in [-0.15, -0.1) is 0 Å². The first kappa shape index (κ1) is 26.0.